The normalized spacial score (nSPS) is 9.90. The summed E-state index contributed by atoms with van der Waals surface area (Å²) in [6.07, 6.45) is 0. The molecule has 2 rings (SSSR count). The lowest BCUT2D eigenvalue weighted by Gasteiger charge is -2.07. The monoisotopic (exact) mass is 270 g/mol. The zero-order valence-corrected chi connectivity index (χ0v) is 11.0. The molecule has 3 heteroatoms. The van der Waals surface area contributed by atoms with E-state index >= 15 is 0 Å². The zero-order chi connectivity index (χ0) is 14.2. The van der Waals surface area contributed by atoms with Gasteiger partial charge in [0.2, 0.25) is 0 Å². The molecule has 0 aromatic heterocycles. The number of hydrogen-bond acceptors (Lipinski definition) is 2. The molecule has 0 radical (unpaired) electrons. The van der Waals surface area contributed by atoms with Crippen LogP contribution in [0, 0.1) is 17.7 Å². The second kappa shape index (κ2) is 7.44. The van der Waals surface area contributed by atoms with Crippen LogP contribution in [0.3, 0.4) is 0 Å². The van der Waals surface area contributed by atoms with Gasteiger partial charge in [0.05, 0.1) is 13.2 Å². The lowest BCUT2D eigenvalue weighted by Crippen LogP contribution is -1.97. The highest BCUT2D eigenvalue weighted by molar-refractivity contribution is 5.41. The molecule has 0 fully saturated rings. The van der Waals surface area contributed by atoms with Crippen molar-refractivity contribution in [1.29, 1.82) is 0 Å². The van der Waals surface area contributed by atoms with E-state index < -0.39 is 0 Å². The minimum absolute atomic E-state index is 0.249. The largest absolute Gasteiger partial charge is 0.384 e. The number of aliphatic hydroxyl groups excluding tert-OH is 1. The highest BCUT2D eigenvalue weighted by atomic mass is 19.1. The first kappa shape index (κ1) is 14.3. The van der Waals surface area contributed by atoms with Crippen molar-refractivity contribution >= 4 is 0 Å². The van der Waals surface area contributed by atoms with Crippen molar-refractivity contribution in [3.05, 3.63) is 71.0 Å². The van der Waals surface area contributed by atoms with Gasteiger partial charge in [-0.3, -0.25) is 0 Å². The summed E-state index contributed by atoms with van der Waals surface area (Å²) in [5.74, 6) is 4.91. The lowest BCUT2D eigenvalue weighted by molar-refractivity contribution is 0.107. The van der Waals surface area contributed by atoms with Gasteiger partial charge in [0.15, 0.2) is 0 Å². The van der Waals surface area contributed by atoms with Crippen LogP contribution in [0.25, 0.3) is 0 Å². The van der Waals surface area contributed by atoms with Gasteiger partial charge in [-0.2, -0.15) is 0 Å². The van der Waals surface area contributed by atoms with Crippen LogP contribution in [-0.2, 0) is 18.0 Å². The Labute approximate surface area is 117 Å². The Hall–Kier alpha value is -2.15. The van der Waals surface area contributed by atoms with Crippen LogP contribution in [0.15, 0.2) is 48.5 Å². The molecule has 0 saturated heterocycles. The molecule has 20 heavy (non-hydrogen) atoms. The van der Waals surface area contributed by atoms with Gasteiger partial charge in [0.25, 0.3) is 0 Å². The fourth-order valence-corrected chi connectivity index (χ4v) is 1.78. The number of rotatable bonds is 4. The second-order valence-electron chi connectivity index (χ2n) is 4.24. The van der Waals surface area contributed by atoms with Crippen molar-refractivity contribution in [2.75, 3.05) is 6.61 Å². The van der Waals surface area contributed by atoms with Gasteiger partial charge < -0.3 is 9.84 Å². The van der Waals surface area contributed by atoms with E-state index in [2.05, 4.69) is 11.8 Å². The van der Waals surface area contributed by atoms with E-state index in [0.717, 1.165) is 11.1 Å². The fraction of sp³-hybridized carbons (Fsp3) is 0.176. The fourth-order valence-electron chi connectivity index (χ4n) is 1.78. The highest BCUT2D eigenvalue weighted by Crippen LogP contribution is 2.13. The minimum atomic E-state index is -0.348. The molecule has 2 aromatic rings. The third kappa shape index (κ3) is 4.20. The summed E-state index contributed by atoms with van der Waals surface area (Å²) in [5, 5.41) is 8.71. The van der Waals surface area contributed by atoms with Gasteiger partial charge in [0.1, 0.15) is 12.4 Å². The maximum absolute atomic E-state index is 13.2. The first-order valence-electron chi connectivity index (χ1n) is 6.29. The minimum Gasteiger partial charge on any atom is -0.384 e. The molecule has 0 aliphatic rings. The predicted molar refractivity (Wildman–Crippen MR) is 75.3 cm³/mol. The van der Waals surface area contributed by atoms with Crippen molar-refractivity contribution in [3.63, 3.8) is 0 Å². The van der Waals surface area contributed by atoms with E-state index in [1.807, 2.05) is 30.3 Å². The van der Waals surface area contributed by atoms with Crippen molar-refractivity contribution < 1.29 is 14.2 Å². The van der Waals surface area contributed by atoms with Crippen molar-refractivity contribution in [3.8, 4) is 11.8 Å². The van der Waals surface area contributed by atoms with E-state index in [-0.39, 0.29) is 12.4 Å². The molecule has 1 N–H and O–H groups in total. The van der Waals surface area contributed by atoms with Gasteiger partial charge >= 0.3 is 0 Å². The Kier molecular flexibility index (Phi) is 5.31. The van der Waals surface area contributed by atoms with E-state index in [4.69, 9.17) is 9.84 Å². The first-order valence-corrected chi connectivity index (χ1v) is 6.29. The van der Waals surface area contributed by atoms with Crippen molar-refractivity contribution in [2.24, 2.45) is 0 Å². The third-order valence-electron chi connectivity index (χ3n) is 2.74. The predicted octanol–water partition coefficient (Wildman–Crippen LogP) is 2.89. The van der Waals surface area contributed by atoms with Crippen LogP contribution in [0.1, 0.15) is 16.7 Å². The van der Waals surface area contributed by atoms with Crippen molar-refractivity contribution in [1.82, 2.24) is 0 Å². The maximum atomic E-state index is 13.2. The van der Waals surface area contributed by atoms with Crippen LogP contribution in [-0.4, -0.2) is 11.7 Å². The van der Waals surface area contributed by atoms with E-state index in [1.54, 1.807) is 6.07 Å². The van der Waals surface area contributed by atoms with Crippen LogP contribution >= 0.6 is 0 Å². The van der Waals surface area contributed by atoms with E-state index in [0.29, 0.717) is 18.8 Å². The molecular formula is C17H15FO2. The molecule has 0 unspecified atom stereocenters. The van der Waals surface area contributed by atoms with Gasteiger partial charge in [-0.25, -0.2) is 4.39 Å². The van der Waals surface area contributed by atoms with Crippen LogP contribution in [0.2, 0.25) is 0 Å². The number of benzene rings is 2. The molecule has 2 nitrogen and oxygen atoms in total. The summed E-state index contributed by atoms with van der Waals surface area (Å²) >= 11 is 0. The average Bonchev–Trinajstić information content (AvgIpc) is 2.48. The number of aliphatic hydroxyl groups is 1. The lowest BCUT2D eigenvalue weighted by atomic mass is 10.1. The highest BCUT2D eigenvalue weighted by Gasteiger charge is 2.03. The standard InChI is InChI=1S/C17H15FO2/c18-17-9-8-16(15(11-17)7-4-10-19)13-20-12-14-5-2-1-3-6-14/h1-3,5-6,8-9,11,19H,10,12-13H2. The topological polar surface area (TPSA) is 29.5 Å². The maximum Gasteiger partial charge on any atom is 0.124 e. The van der Waals surface area contributed by atoms with Gasteiger partial charge in [-0.1, -0.05) is 48.2 Å². The first-order chi connectivity index (χ1) is 9.79. The van der Waals surface area contributed by atoms with Crippen LogP contribution in [0.4, 0.5) is 4.39 Å². The summed E-state index contributed by atoms with van der Waals surface area (Å²) in [4.78, 5) is 0. The molecular weight excluding hydrogens is 255 g/mol. The van der Waals surface area contributed by atoms with Gasteiger partial charge in [-0.05, 0) is 23.3 Å². The molecule has 0 spiro atoms. The number of ether oxygens (including phenoxy) is 1. The van der Waals surface area contributed by atoms with E-state index in [1.165, 1.54) is 12.1 Å². The Balaban J connectivity index is 2.02. The molecule has 0 bridgehead atoms. The van der Waals surface area contributed by atoms with Crippen LogP contribution < -0.4 is 0 Å². The quantitative estimate of drug-likeness (QED) is 0.866. The van der Waals surface area contributed by atoms with Gasteiger partial charge in [0, 0.05) is 5.56 Å². The van der Waals surface area contributed by atoms with Gasteiger partial charge in [-0.15, -0.1) is 0 Å². The summed E-state index contributed by atoms with van der Waals surface area (Å²) in [6.45, 7) is 0.594. The summed E-state index contributed by atoms with van der Waals surface area (Å²) in [6, 6.07) is 14.2. The molecule has 102 valence electrons. The SMILES string of the molecule is OCC#Cc1cc(F)ccc1COCc1ccccc1. The molecule has 0 aliphatic heterocycles. The molecule has 0 aliphatic carbocycles. The Morgan fingerprint density at radius 2 is 1.85 bits per heavy atom. The second-order valence-corrected chi connectivity index (χ2v) is 4.24. The molecule has 0 heterocycles. The molecule has 0 amide bonds. The smallest absolute Gasteiger partial charge is 0.124 e. The van der Waals surface area contributed by atoms with Crippen molar-refractivity contribution in [2.45, 2.75) is 13.2 Å². The Morgan fingerprint density at radius 1 is 1.05 bits per heavy atom. The molecule has 0 saturated carbocycles. The summed E-state index contributed by atoms with van der Waals surface area (Å²) in [7, 11) is 0. The third-order valence-corrected chi connectivity index (χ3v) is 2.74. The summed E-state index contributed by atoms with van der Waals surface area (Å²) < 4.78 is 18.8. The Morgan fingerprint density at radius 3 is 2.60 bits per heavy atom. The van der Waals surface area contributed by atoms with E-state index in [9.17, 15) is 4.39 Å². The Bertz CT molecular complexity index is 612. The summed E-state index contributed by atoms with van der Waals surface area (Å²) in [5.41, 5.74) is 2.44. The zero-order valence-electron chi connectivity index (χ0n) is 11.0. The molecule has 2 aromatic carbocycles. The average molecular weight is 270 g/mol. The molecule has 0 atom stereocenters. The number of halogens is 1. The number of hydrogen-bond donors (Lipinski definition) is 1. The van der Waals surface area contributed by atoms with Crippen LogP contribution in [0.5, 0.6) is 0 Å².